The van der Waals surface area contributed by atoms with E-state index < -0.39 is 66.4 Å². The van der Waals surface area contributed by atoms with E-state index in [1.54, 1.807) is 6.92 Å². The summed E-state index contributed by atoms with van der Waals surface area (Å²) < 4.78 is 0. The minimum atomic E-state index is -1.53. The van der Waals surface area contributed by atoms with Crippen molar-refractivity contribution in [3.63, 3.8) is 0 Å². The highest BCUT2D eigenvalue weighted by Gasteiger charge is 2.33. The fourth-order valence-corrected chi connectivity index (χ4v) is 2.93. The van der Waals surface area contributed by atoms with E-state index in [0.717, 1.165) is 0 Å². The zero-order valence-electron chi connectivity index (χ0n) is 19.8. The lowest BCUT2D eigenvalue weighted by molar-refractivity contribution is -0.144. The fourth-order valence-electron chi connectivity index (χ4n) is 2.93. The van der Waals surface area contributed by atoms with Crippen molar-refractivity contribution < 1.29 is 39.3 Å². The topological polar surface area (TPSA) is 208 Å². The maximum absolute atomic E-state index is 12.9. The molecule has 0 aliphatic carbocycles. The highest BCUT2D eigenvalue weighted by atomic mass is 16.4. The first-order chi connectivity index (χ1) is 15.2. The molecule has 0 heterocycles. The summed E-state index contributed by atoms with van der Waals surface area (Å²) >= 11 is 0. The number of hydrogen-bond donors (Lipinski definition) is 7. The van der Waals surface area contributed by atoms with E-state index in [2.05, 4.69) is 16.0 Å². The van der Waals surface area contributed by atoms with Crippen molar-refractivity contribution in [1.29, 1.82) is 0 Å². The number of aliphatic carboxylic acids is 2. The van der Waals surface area contributed by atoms with Crippen LogP contribution in [0.1, 0.15) is 60.3 Å². The van der Waals surface area contributed by atoms with Crippen LogP contribution in [0.4, 0.5) is 0 Å². The first-order valence-corrected chi connectivity index (χ1v) is 11.0. The summed E-state index contributed by atoms with van der Waals surface area (Å²) in [6.45, 7) is 8.58. The Labute approximate surface area is 193 Å². The van der Waals surface area contributed by atoms with E-state index in [4.69, 9.17) is 10.8 Å². The summed E-state index contributed by atoms with van der Waals surface area (Å²) in [6, 6.07) is -4.92. The summed E-state index contributed by atoms with van der Waals surface area (Å²) in [7, 11) is 0. The van der Waals surface area contributed by atoms with E-state index in [0.29, 0.717) is 6.42 Å². The predicted octanol–water partition coefficient (Wildman–Crippen LogP) is -0.809. The van der Waals surface area contributed by atoms with Crippen molar-refractivity contribution in [2.24, 2.45) is 17.6 Å². The molecule has 0 aromatic heterocycles. The van der Waals surface area contributed by atoms with Gasteiger partial charge in [0.25, 0.3) is 0 Å². The quantitative estimate of drug-likeness (QED) is 0.158. The Morgan fingerprint density at radius 2 is 1.39 bits per heavy atom. The number of carbonyl (C=O) groups excluding carboxylic acids is 3. The second-order valence-corrected chi connectivity index (χ2v) is 8.66. The number of carboxylic acid groups (broad SMARTS) is 2. The molecule has 0 saturated heterocycles. The number of carboxylic acids is 2. The van der Waals surface area contributed by atoms with Gasteiger partial charge in [-0.3, -0.25) is 19.2 Å². The Hall–Kier alpha value is -2.73. The average Bonchev–Trinajstić information content (AvgIpc) is 2.71. The summed E-state index contributed by atoms with van der Waals surface area (Å²) in [6.07, 6.45) is -1.39. The lowest BCUT2D eigenvalue weighted by atomic mass is 9.97. The standard InChI is InChI=1S/C21H38N4O8/c1-6-11(4)16(22)19(30)24-14(9-10(2)3)18(29)25-17(12(5)26)20(31)23-13(21(32)33)7-8-15(27)28/h10-14,16-17,26H,6-9,22H2,1-5H3,(H,23,31)(H,24,30)(H,25,29)(H,27,28)(H,32,33). The molecule has 0 aromatic rings. The summed E-state index contributed by atoms with van der Waals surface area (Å²) in [4.78, 5) is 60.0. The van der Waals surface area contributed by atoms with Crippen molar-refractivity contribution >= 4 is 29.7 Å². The first kappa shape index (κ1) is 30.3. The number of hydrogen-bond acceptors (Lipinski definition) is 7. The summed E-state index contributed by atoms with van der Waals surface area (Å²) in [5.74, 6) is -5.09. The molecule has 12 heteroatoms. The van der Waals surface area contributed by atoms with Gasteiger partial charge in [-0.05, 0) is 31.6 Å². The van der Waals surface area contributed by atoms with Gasteiger partial charge in [0.05, 0.1) is 12.1 Å². The van der Waals surface area contributed by atoms with Gasteiger partial charge in [0, 0.05) is 6.42 Å². The largest absolute Gasteiger partial charge is 0.481 e. The Morgan fingerprint density at radius 1 is 0.848 bits per heavy atom. The molecule has 0 saturated carbocycles. The van der Waals surface area contributed by atoms with Gasteiger partial charge in [-0.2, -0.15) is 0 Å². The molecule has 0 fully saturated rings. The number of rotatable bonds is 15. The molecule has 0 spiro atoms. The van der Waals surface area contributed by atoms with Crippen LogP contribution >= 0.6 is 0 Å². The first-order valence-electron chi connectivity index (χ1n) is 11.0. The molecular formula is C21H38N4O8. The Balaban J connectivity index is 5.46. The van der Waals surface area contributed by atoms with Gasteiger partial charge in [-0.15, -0.1) is 0 Å². The molecule has 3 amide bonds. The molecule has 6 unspecified atom stereocenters. The van der Waals surface area contributed by atoms with Crippen molar-refractivity contribution in [2.75, 3.05) is 0 Å². The van der Waals surface area contributed by atoms with Gasteiger partial charge in [0.15, 0.2) is 0 Å². The maximum atomic E-state index is 12.9. The van der Waals surface area contributed by atoms with Crippen molar-refractivity contribution in [3.05, 3.63) is 0 Å². The van der Waals surface area contributed by atoms with Crippen LogP contribution in [-0.2, 0) is 24.0 Å². The highest BCUT2D eigenvalue weighted by molar-refractivity contribution is 5.94. The van der Waals surface area contributed by atoms with E-state index in [-0.39, 0.29) is 24.7 Å². The molecule has 0 radical (unpaired) electrons. The SMILES string of the molecule is CCC(C)C(N)C(=O)NC(CC(C)C)C(=O)NC(C(=O)NC(CCC(=O)O)C(=O)O)C(C)O. The second kappa shape index (κ2) is 14.4. The molecule has 0 aliphatic rings. The number of nitrogens with two attached hydrogens (primary N) is 1. The van der Waals surface area contributed by atoms with Crippen molar-refractivity contribution in [3.8, 4) is 0 Å². The molecule has 190 valence electrons. The molecule has 0 aromatic carbocycles. The summed E-state index contributed by atoms with van der Waals surface area (Å²) in [5, 5.41) is 35.1. The normalized spacial score (nSPS) is 16.6. The highest BCUT2D eigenvalue weighted by Crippen LogP contribution is 2.10. The Morgan fingerprint density at radius 3 is 1.82 bits per heavy atom. The number of aliphatic hydroxyl groups excluding tert-OH is 1. The average molecular weight is 475 g/mol. The minimum Gasteiger partial charge on any atom is -0.481 e. The zero-order valence-corrected chi connectivity index (χ0v) is 19.8. The third-order valence-electron chi connectivity index (χ3n) is 5.22. The maximum Gasteiger partial charge on any atom is 0.326 e. The Kier molecular flexibility index (Phi) is 13.2. The molecule has 33 heavy (non-hydrogen) atoms. The fraction of sp³-hybridized carbons (Fsp3) is 0.762. The minimum absolute atomic E-state index is 0.00731. The lowest BCUT2D eigenvalue weighted by Gasteiger charge is -2.27. The third kappa shape index (κ3) is 11.1. The van der Waals surface area contributed by atoms with Crippen LogP contribution < -0.4 is 21.7 Å². The van der Waals surface area contributed by atoms with Gasteiger partial charge in [-0.1, -0.05) is 34.1 Å². The van der Waals surface area contributed by atoms with E-state index in [1.807, 2.05) is 20.8 Å². The van der Waals surface area contributed by atoms with Crippen LogP contribution in [0.2, 0.25) is 0 Å². The van der Waals surface area contributed by atoms with Crippen molar-refractivity contribution in [1.82, 2.24) is 16.0 Å². The monoisotopic (exact) mass is 474 g/mol. The molecular weight excluding hydrogens is 436 g/mol. The van der Waals surface area contributed by atoms with Crippen LogP contribution in [0, 0.1) is 11.8 Å². The molecule has 6 atom stereocenters. The van der Waals surface area contributed by atoms with E-state index in [1.165, 1.54) is 6.92 Å². The van der Waals surface area contributed by atoms with Crippen LogP contribution in [-0.4, -0.2) is 75.3 Å². The summed E-state index contributed by atoms with van der Waals surface area (Å²) in [5.41, 5.74) is 5.94. The van der Waals surface area contributed by atoms with E-state index in [9.17, 15) is 34.2 Å². The van der Waals surface area contributed by atoms with Crippen LogP contribution in [0.5, 0.6) is 0 Å². The van der Waals surface area contributed by atoms with Crippen LogP contribution in [0.15, 0.2) is 0 Å². The van der Waals surface area contributed by atoms with Gasteiger partial charge in [0.1, 0.15) is 18.1 Å². The van der Waals surface area contributed by atoms with Crippen LogP contribution in [0.3, 0.4) is 0 Å². The molecule has 12 nitrogen and oxygen atoms in total. The molecule has 0 bridgehead atoms. The number of amides is 3. The zero-order chi connectivity index (χ0) is 25.9. The second-order valence-electron chi connectivity index (χ2n) is 8.66. The molecule has 0 rings (SSSR count). The van der Waals surface area contributed by atoms with Gasteiger partial charge >= 0.3 is 11.9 Å². The van der Waals surface area contributed by atoms with Gasteiger partial charge < -0.3 is 37.0 Å². The predicted molar refractivity (Wildman–Crippen MR) is 119 cm³/mol. The molecule has 8 N–H and O–H groups in total. The number of nitrogens with one attached hydrogen (secondary N) is 3. The number of carbonyl (C=O) groups is 5. The van der Waals surface area contributed by atoms with E-state index >= 15 is 0 Å². The smallest absolute Gasteiger partial charge is 0.326 e. The van der Waals surface area contributed by atoms with Gasteiger partial charge in [0.2, 0.25) is 17.7 Å². The lowest BCUT2D eigenvalue weighted by Crippen LogP contribution is -2.60. The molecule has 0 aliphatic heterocycles. The van der Waals surface area contributed by atoms with Gasteiger partial charge in [-0.25, -0.2) is 4.79 Å². The third-order valence-corrected chi connectivity index (χ3v) is 5.22. The van der Waals surface area contributed by atoms with Crippen molar-refractivity contribution in [2.45, 2.75) is 90.6 Å². The van der Waals surface area contributed by atoms with Crippen LogP contribution in [0.25, 0.3) is 0 Å². The number of aliphatic hydroxyl groups is 1. The Bertz CT molecular complexity index is 698.